The molecule has 0 bridgehead atoms. The van der Waals surface area contributed by atoms with E-state index in [0.717, 1.165) is 0 Å². The molecular formula is C11H23N3O4S. The SMILES string of the molecule is CCC(CN)S(=O)(=O)NC(C)C(=O)N1CCOCC1. The number of carbonyl (C=O) groups excluding carboxylic acids is 1. The van der Waals surface area contributed by atoms with Gasteiger partial charge >= 0.3 is 0 Å². The van der Waals surface area contributed by atoms with Crippen LogP contribution in [0.5, 0.6) is 0 Å². The molecule has 3 N–H and O–H groups in total. The Kier molecular flexibility index (Phi) is 6.18. The predicted molar refractivity (Wildman–Crippen MR) is 72.0 cm³/mol. The van der Waals surface area contributed by atoms with E-state index in [-0.39, 0.29) is 12.5 Å². The zero-order valence-electron chi connectivity index (χ0n) is 11.5. The number of ether oxygens (including phenoxy) is 1. The predicted octanol–water partition coefficient (Wildman–Crippen LogP) is -1.11. The Bertz CT molecular complexity index is 389. The minimum Gasteiger partial charge on any atom is -0.378 e. The van der Waals surface area contributed by atoms with Gasteiger partial charge in [-0.3, -0.25) is 4.79 Å². The molecule has 112 valence electrons. The average molecular weight is 293 g/mol. The highest BCUT2D eigenvalue weighted by Gasteiger charge is 2.29. The van der Waals surface area contributed by atoms with Crippen LogP contribution in [0.2, 0.25) is 0 Å². The number of nitrogens with zero attached hydrogens (tertiary/aromatic N) is 1. The number of hydrogen-bond acceptors (Lipinski definition) is 5. The van der Waals surface area contributed by atoms with E-state index < -0.39 is 21.3 Å². The van der Waals surface area contributed by atoms with Crippen LogP contribution in [0.1, 0.15) is 20.3 Å². The Morgan fingerprint density at radius 1 is 1.42 bits per heavy atom. The van der Waals surface area contributed by atoms with Gasteiger partial charge in [-0.25, -0.2) is 13.1 Å². The van der Waals surface area contributed by atoms with Gasteiger partial charge in [0, 0.05) is 19.6 Å². The number of sulfonamides is 1. The molecule has 0 radical (unpaired) electrons. The summed E-state index contributed by atoms with van der Waals surface area (Å²) >= 11 is 0. The van der Waals surface area contributed by atoms with Crippen LogP contribution in [0.4, 0.5) is 0 Å². The monoisotopic (exact) mass is 293 g/mol. The van der Waals surface area contributed by atoms with Crippen molar-refractivity contribution in [2.45, 2.75) is 31.6 Å². The number of rotatable bonds is 6. The number of nitrogens with one attached hydrogen (secondary N) is 1. The molecule has 19 heavy (non-hydrogen) atoms. The zero-order chi connectivity index (χ0) is 14.5. The maximum absolute atomic E-state index is 12.1. The highest BCUT2D eigenvalue weighted by molar-refractivity contribution is 7.90. The van der Waals surface area contributed by atoms with Crippen molar-refractivity contribution in [3.63, 3.8) is 0 Å². The Morgan fingerprint density at radius 3 is 2.47 bits per heavy atom. The van der Waals surface area contributed by atoms with E-state index in [2.05, 4.69) is 4.72 Å². The fourth-order valence-corrected chi connectivity index (χ4v) is 3.44. The lowest BCUT2D eigenvalue weighted by molar-refractivity contribution is -0.136. The molecule has 0 saturated carbocycles. The third kappa shape index (κ3) is 4.41. The van der Waals surface area contributed by atoms with Gasteiger partial charge in [-0.15, -0.1) is 0 Å². The van der Waals surface area contributed by atoms with Crippen molar-refractivity contribution in [3.05, 3.63) is 0 Å². The number of nitrogens with two attached hydrogens (primary N) is 1. The van der Waals surface area contributed by atoms with E-state index >= 15 is 0 Å². The van der Waals surface area contributed by atoms with Gasteiger partial charge in [0.25, 0.3) is 0 Å². The molecule has 1 fully saturated rings. The highest BCUT2D eigenvalue weighted by atomic mass is 32.2. The molecule has 1 amide bonds. The summed E-state index contributed by atoms with van der Waals surface area (Å²) in [6, 6.07) is -0.774. The molecule has 8 heteroatoms. The Morgan fingerprint density at radius 2 is 2.00 bits per heavy atom. The van der Waals surface area contributed by atoms with Crippen LogP contribution in [0.15, 0.2) is 0 Å². The molecule has 1 aliphatic rings. The quantitative estimate of drug-likeness (QED) is 0.646. The molecule has 0 aliphatic carbocycles. The molecule has 1 rings (SSSR count). The van der Waals surface area contributed by atoms with Crippen LogP contribution in [0.25, 0.3) is 0 Å². The second kappa shape index (κ2) is 7.18. The van der Waals surface area contributed by atoms with E-state index in [1.54, 1.807) is 18.7 Å². The minimum atomic E-state index is -3.56. The lowest BCUT2D eigenvalue weighted by atomic mass is 10.3. The first-order valence-corrected chi connectivity index (χ1v) is 8.04. The molecule has 0 aromatic carbocycles. The molecule has 7 nitrogen and oxygen atoms in total. The zero-order valence-corrected chi connectivity index (χ0v) is 12.3. The van der Waals surface area contributed by atoms with E-state index in [1.165, 1.54) is 0 Å². The molecule has 2 unspecified atom stereocenters. The van der Waals surface area contributed by atoms with E-state index in [1.807, 2.05) is 0 Å². The fraction of sp³-hybridized carbons (Fsp3) is 0.909. The fourth-order valence-electron chi connectivity index (χ4n) is 1.96. The highest BCUT2D eigenvalue weighted by Crippen LogP contribution is 2.06. The van der Waals surface area contributed by atoms with Crippen LogP contribution in [0.3, 0.4) is 0 Å². The molecule has 0 spiro atoms. The van der Waals surface area contributed by atoms with Gasteiger partial charge < -0.3 is 15.4 Å². The number of hydrogen-bond donors (Lipinski definition) is 2. The van der Waals surface area contributed by atoms with Gasteiger partial charge in [-0.05, 0) is 13.3 Å². The largest absolute Gasteiger partial charge is 0.378 e. The summed E-state index contributed by atoms with van der Waals surface area (Å²) in [4.78, 5) is 13.7. The number of carbonyl (C=O) groups is 1. The normalized spacial score (nSPS) is 20.1. The van der Waals surface area contributed by atoms with Crippen LogP contribution < -0.4 is 10.5 Å². The van der Waals surface area contributed by atoms with Gasteiger partial charge in [-0.1, -0.05) is 6.92 Å². The summed E-state index contributed by atoms with van der Waals surface area (Å²) in [5, 5.41) is -0.660. The Labute approximate surface area is 114 Å². The second-order valence-electron chi connectivity index (χ2n) is 4.59. The third-order valence-electron chi connectivity index (χ3n) is 3.19. The summed E-state index contributed by atoms with van der Waals surface area (Å²) in [6.07, 6.45) is 0.421. The van der Waals surface area contributed by atoms with Crippen molar-refractivity contribution < 1.29 is 17.9 Å². The van der Waals surface area contributed by atoms with E-state index in [9.17, 15) is 13.2 Å². The topological polar surface area (TPSA) is 102 Å². The smallest absolute Gasteiger partial charge is 0.240 e. The molecule has 1 heterocycles. The first kappa shape index (κ1) is 16.4. The first-order valence-electron chi connectivity index (χ1n) is 6.50. The lowest BCUT2D eigenvalue weighted by Gasteiger charge is -2.29. The van der Waals surface area contributed by atoms with E-state index in [4.69, 9.17) is 10.5 Å². The van der Waals surface area contributed by atoms with Crippen LogP contribution in [-0.2, 0) is 19.6 Å². The average Bonchev–Trinajstić information content (AvgIpc) is 2.39. The lowest BCUT2D eigenvalue weighted by Crippen LogP contribution is -2.52. The first-order chi connectivity index (χ1) is 8.92. The molecule has 0 aromatic rings. The van der Waals surface area contributed by atoms with Gasteiger partial charge in [0.15, 0.2) is 0 Å². The van der Waals surface area contributed by atoms with Crippen LogP contribution in [-0.4, -0.2) is 63.4 Å². The molecule has 1 aliphatic heterocycles. The number of morpholine rings is 1. The standard InChI is InChI=1S/C11H23N3O4S/c1-3-10(8-12)19(16,17)13-9(2)11(15)14-4-6-18-7-5-14/h9-10,13H,3-8,12H2,1-2H3. The third-order valence-corrected chi connectivity index (χ3v) is 5.28. The maximum Gasteiger partial charge on any atom is 0.240 e. The molecule has 0 aromatic heterocycles. The number of amides is 1. The van der Waals surface area contributed by atoms with Crippen molar-refractivity contribution in [2.75, 3.05) is 32.8 Å². The van der Waals surface area contributed by atoms with Gasteiger partial charge in [0.1, 0.15) is 0 Å². The Hall–Kier alpha value is -0.700. The van der Waals surface area contributed by atoms with Crippen LogP contribution >= 0.6 is 0 Å². The summed E-state index contributed by atoms with van der Waals surface area (Å²) in [5.41, 5.74) is 5.43. The molecular weight excluding hydrogens is 270 g/mol. The molecule has 1 saturated heterocycles. The van der Waals surface area contributed by atoms with Crippen LogP contribution in [0, 0.1) is 0 Å². The maximum atomic E-state index is 12.1. The van der Waals surface area contributed by atoms with Crippen molar-refractivity contribution >= 4 is 15.9 Å². The van der Waals surface area contributed by atoms with Crippen molar-refractivity contribution in [2.24, 2.45) is 5.73 Å². The molecule has 2 atom stereocenters. The summed E-state index contributed by atoms with van der Waals surface area (Å²) in [7, 11) is -3.56. The van der Waals surface area contributed by atoms with Gasteiger partial charge in [0.2, 0.25) is 15.9 Å². The minimum absolute atomic E-state index is 0.0459. The summed E-state index contributed by atoms with van der Waals surface area (Å²) in [5.74, 6) is -0.223. The second-order valence-corrected chi connectivity index (χ2v) is 6.58. The summed E-state index contributed by atoms with van der Waals surface area (Å²) < 4.78 is 31.6. The Balaban J connectivity index is 2.62. The van der Waals surface area contributed by atoms with Gasteiger partial charge in [-0.2, -0.15) is 0 Å². The van der Waals surface area contributed by atoms with Gasteiger partial charge in [0.05, 0.1) is 24.5 Å². The van der Waals surface area contributed by atoms with E-state index in [0.29, 0.717) is 32.7 Å². The van der Waals surface area contributed by atoms with Crippen molar-refractivity contribution in [3.8, 4) is 0 Å². The van der Waals surface area contributed by atoms with Crippen molar-refractivity contribution in [1.82, 2.24) is 9.62 Å². The summed E-state index contributed by atoms with van der Waals surface area (Å²) in [6.45, 7) is 5.34. The van der Waals surface area contributed by atoms with Crippen molar-refractivity contribution in [1.29, 1.82) is 0 Å².